The fraction of sp³-hybridized carbons (Fsp3) is 0.462. The van der Waals surface area contributed by atoms with E-state index in [2.05, 4.69) is 0 Å². The maximum absolute atomic E-state index is 11.9. The van der Waals surface area contributed by atoms with Crippen LogP contribution in [0, 0.1) is 0 Å². The first-order chi connectivity index (χ1) is 8.08. The van der Waals surface area contributed by atoms with Crippen LogP contribution in [0.1, 0.15) is 37.0 Å². The highest BCUT2D eigenvalue weighted by atomic mass is 16.5. The number of benzene rings is 1. The maximum atomic E-state index is 11.9. The second-order valence-corrected chi connectivity index (χ2v) is 3.96. The highest BCUT2D eigenvalue weighted by Crippen LogP contribution is 2.21. The monoisotopic (exact) mass is 237 g/mol. The average Bonchev–Trinajstić information content (AvgIpc) is 2.29. The van der Waals surface area contributed by atoms with Crippen molar-refractivity contribution in [2.24, 2.45) is 0 Å². The van der Waals surface area contributed by atoms with Crippen molar-refractivity contribution in [3.63, 3.8) is 0 Å². The van der Waals surface area contributed by atoms with Gasteiger partial charge in [-0.1, -0.05) is 13.3 Å². The summed E-state index contributed by atoms with van der Waals surface area (Å²) >= 11 is 0. The number of anilines is 1. The number of carbonyl (C=O) groups excluding carboxylic acids is 1. The first kappa shape index (κ1) is 13.4. The van der Waals surface area contributed by atoms with E-state index < -0.39 is 5.97 Å². The van der Waals surface area contributed by atoms with Gasteiger partial charge in [-0.3, -0.25) is 0 Å². The lowest BCUT2D eigenvalue weighted by molar-refractivity contribution is 0.0324. The zero-order valence-corrected chi connectivity index (χ0v) is 10.5. The Morgan fingerprint density at radius 1 is 1.47 bits per heavy atom. The highest BCUT2D eigenvalue weighted by Gasteiger charge is 2.15. The van der Waals surface area contributed by atoms with Crippen molar-refractivity contribution in [3.8, 4) is 5.75 Å². The van der Waals surface area contributed by atoms with Gasteiger partial charge < -0.3 is 15.2 Å². The Morgan fingerprint density at radius 2 is 2.18 bits per heavy atom. The molecule has 1 aromatic carbocycles. The Labute approximate surface area is 102 Å². The largest absolute Gasteiger partial charge is 0.497 e. The van der Waals surface area contributed by atoms with Crippen LogP contribution in [0.15, 0.2) is 18.2 Å². The molecule has 2 N–H and O–H groups in total. The van der Waals surface area contributed by atoms with Crippen molar-refractivity contribution in [1.82, 2.24) is 0 Å². The van der Waals surface area contributed by atoms with Crippen molar-refractivity contribution in [2.75, 3.05) is 12.8 Å². The molecule has 4 nitrogen and oxygen atoms in total. The Bertz CT molecular complexity index is 390. The smallest absolute Gasteiger partial charge is 0.340 e. The Kier molecular flexibility index (Phi) is 4.82. The number of carbonyl (C=O) groups is 1. The van der Waals surface area contributed by atoms with Gasteiger partial charge in [0.15, 0.2) is 0 Å². The van der Waals surface area contributed by atoms with E-state index in [9.17, 15) is 4.79 Å². The quantitative estimate of drug-likeness (QED) is 0.631. The molecule has 0 saturated carbocycles. The molecule has 94 valence electrons. The van der Waals surface area contributed by atoms with E-state index in [1.54, 1.807) is 25.3 Å². The van der Waals surface area contributed by atoms with Crippen LogP contribution in [0.4, 0.5) is 5.69 Å². The molecule has 0 aromatic heterocycles. The number of rotatable bonds is 5. The molecule has 0 saturated heterocycles. The molecule has 0 aliphatic heterocycles. The van der Waals surface area contributed by atoms with Crippen LogP contribution in [0.3, 0.4) is 0 Å². The third-order valence-electron chi connectivity index (χ3n) is 2.48. The number of hydrogen-bond acceptors (Lipinski definition) is 4. The SMILES string of the molecule is CCCC(C)OC(=O)c1cc(OC)ccc1N. The van der Waals surface area contributed by atoms with Crippen LogP contribution < -0.4 is 10.5 Å². The van der Waals surface area contributed by atoms with Crippen LogP contribution in [-0.2, 0) is 4.74 Å². The number of methoxy groups -OCH3 is 1. The van der Waals surface area contributed by atoms with Crippen molar-refractivity contribution in [2.45, 2.75) is 32.8 Å². The van der Waals surface area contributed by atoms with Gasteiger partial charge >= 0.3 is 5.97 Å². The van der Waals surface area contributed by atoms with Crippen molar-refractivity contribution in [1.29, 1.82) is 0 Å². The fourth-order valence-electron chi connectivity index (χ4n) is 1.55. The molecule has 17 heavy (non-hydrogen) atoms. The maximum Gasteiger partial charge on any atom is 0.340 e. The van der Waals surface area contributed by atoms with E-state index in [0.29, 0.717) is 17.0 Å². The summed E-state index contributed by atoms with van der Waals surface area (Å²) in [7, 11) is 1.54. The summed E-state index contributed by atoms with van der Waals surface area (Å²) < 4.78 is 10.3. The lowest BCUT2D eigenvalue weighted by atomic mass is 10.1. The summed E-state index contributed by atoms with van der Waals surface area (Å²) in [5.74, 6) is 0.191. The van der Waals surface area contributed by atoms with Gasteiger partial charge in [-0.05, 0) is 31.5 Å². The van der Waals surface area contributed by atoms with Gasteiger partial charge in [0.05, 0.1) is 18.8 Å². The third kappa shape index (κ3) is 3.66. The van der Waals surface area contributed by atoms with Gasteiger partial charge in [-0.15, -0.1) is 0 Å². The lowest BCUT2D eigenvalue weighted by Crippen LogP contribution is -2.16. The molecule has 0 radical (unpaired) electrons. The van der Waals surface area contributed by atoms with Gasteiger partial charge in [-0.2, -0.15) is 0 Å². The lowest BCUT2D eigenvalue weighted by Gasteiger charge is -2.13. The molecule has 0 aliphatic carbocycles. The van der Waals surface area contributed by atoms with Gasteiger partial charge in [0.1, 0.15) is 5.75 Å². The molecule has 1 aromatic rings. The van der Waals surface area contributed by atoms with E-state index in [0.717, 1.165) is 12.8 Å². The standard InChI is InChI=1S/C13H19NO3/c1-4-5-9(2)17-13(15)11-8-10(16-3)6-7-12(11)14/h6-9H,4-5,14H2,1-3H3. The molecule has 0 bridgehead atoms. The Balaban J connectivity index is 2.80. The summed E-state index contributed by atoms with van der Waals surface area (Å²) in [6, 6.07) is 4.94. The number of hydrogen-bond donors (Lipinski definition) is 1. The van der Waals surface area contributed by atoms with Crippen molar-refractivity contribution < 1.29 is 14.3 Å². The van der Waals surface area contributed by atoms with E-state index in [-0.39, 0.29) is 6.10 Å². The molecule has 0 aliphatic rings. The summed E-state index contributed by atoms with van der Waals surface area (Å²) in [4.78, 5) is 11.9. The number of nitrogens with two attached hydrogens (primary N) is 1. The minimum Gasteiger partial charge on any atom is -0.497 e. The van der Waals surface area contributed by atoms with E-state index >= 15 is 0 Å². The molecule has 1 atom stereocenters. The topological polar surface area (TPSA) is 61.5 Å². The predicted octanol–water partition coefficient (Wildman–Crippen LogP) is 2.62. The fourth-order valence-corrected chi connectivity index (χ4v) is 1.55. The molecule has 0 amide bonds. The minimum atomic E-state index is -0.401. The summed E-state index contributed by atoms with van der Waals surface area (Å²) in [6.07, 6.45) is 1.72. The van der Waals surface area contributed by atoms with Crippen LogP contribution in [-0.4, -0.2) is 19.2 Å². The molecule has 1 rings (SSSR count). The molecule has 0 heterocycles. The zero-order chi connectivity index (χ0) is 12.8. The Morgan fingerprint density at radius 3 is 2.76 bits per heavy atom. The van der Waals surface area contributed by atoms with Crippen molar-refractivity contribution in [3.05, 3.63) is 23.8 Å². The number of esters is 1. The van der Waals surface area contributed by atoms with Gasteiger partial charge in [0.25, 0.3) is 0 Å². The summed E-state index contributed by atoms with van der Waals surface area (Å²) in [5, 5.41) is 0. The van der Waals surface area contributed by atoms with Crippen LogP contribution >= 0.6 is 0 Å². The number of nitrogen functional groups attached to an aromatic ring is 1. The van der Waals surface area contributed by atoms with Crippen LogP contribution in [0.2, 0.25) is 0 Å². The first-order valence-corrected chi connectivity index (χ1v) is 5.73. The summed E-state index contributed by atoms with van der Waals surface area (Å²) in [6.45, 7) is 3.92. The third-order valence-corrected chi connectivity index (χ3v) is 2.48. The van der Waals surface area contributed by atoms with E-state index in [4.69, 9.17) is 15.2 Å². The van der Waals surface area contributed by atoms with Gasteiger partial charge in [0, 0.05) is 5.69 Å². The van der Waals surface area contributed by atoms with E-state index in [1.165, 1.54) is 0 Å². The minimum absolute atomic E-state index is 0.0990. The molecule has 0 fully saturated rings. The molecule has 1 unspecified atom stereocenters. The Hall–Kier alpha value is -1.71. The zero-order valence-electron chi connectivity index (χ0n) is 10.5. The number of ether oxygens (including phenoxy) is 2. The molecular weight excluding hydrogens is 218 g/mol. The summed E-state index contributed by atoms with van der Waals surface area (Å²) in [5.41, 5.74) is 6.49. The van der Waals surface area contributed by atoms with Crippen molar-refractivity contribution >= 4 is 11.7 Å². The second kappa shape index (κ2) is 6.13. The molecular formula is C13H19NO3. The normalized spacial score (nSPS) is 11.9. The van der Waals surface area contributed by atoms with Crippen LogP contribution in [0.5, 0.6) is 5.75 Å². The first-order valence-electron chi connectivity index (χ1n) is 5.73. The van der Waals surface area contributed by atoms with E-state index in [1.807, 2.05) is 13.8 Å². The highest BCUT2D eigenvalue weighted by molar-refractivity contribution is 5.95. The second-order valence-electron chi connectivity index (χ2n) is 3.96. The predicted molar refractivity (Wildman–Crippen MR) is 67.2 cm³/mol. The molecule has 4 heteroatoms. The average molecular weight is 237 g/mol. The molecule has 0 spiro atoms. The van der Waals surface area contributed by atoms with Gasteiger partial charge in [-0.25, -0.2) is 4.79 Å². The van der Waals surface area contributed by atoms with Crippen LogP contribution in [0.25, 0.3) is 0 Å². The van der Waals surface area contributed by atoms with Gasteiger partial charge in [0.2, 0.25) is 0 Å².